The quantitative estimate of drug-likeness (QED) is 0.0917. The van der Waals surface area contributed by atoms with E-state index in [0.717, 1.165) is 57.7 Å². The average molecular weight is 384 g/mol. The van der Waals surface area contributed by atoms with Crippen LogP contribution in [0.25, 0.3) is 0 Å². The molecule has 0 amide bonds. The number of hydrogen-bond donors (Lipinski definition) is 1. The summed E-state index contributed by atoms with van der Waals surface area (Å²) in [6, 6.07) is -0.796. The van der Waals surface area contributed by atoms with Gasteiger partial charge in [-0.2, -0.15) is 0 Å². The Bertz CT molecular complexity index is 385. The van der Waals surface area contributed by atoms with Crippen molar-refractivity contribution in [1.82, 2.24) is 0 Å². The van der Waals surface area contributed by atoms with E-state index in [4.69, 9.17) is 0 Å². The minimum absolute atomic E-state index is 0.282. The number of aliphatic hydroxyl groups excluding tert-OH is 1. The van der Waals surface area contributed by atoms with Crippen LogP contribution in [-0.2, 0) is 4.79 Å². The number of allylic oxidation sites excluding steroid dienone is 2. The lowest BCUT2D eigenvalue weighted by atomic mass is 9.98. The highest BCUT2D eigenvalue weighted by molar-refractivity contribution is 5.64. The van der Waals surface area contributed by atoms with Gasteiger partial charge in [-0.25, -0.2) is 0 Å². The molecule has 2 atom stereocenters. The van der Waals surface area contributed by atoms with Crippen LogP contribution < -0.4 is 0 Å². The summed E-state index contributed by atoms with van der Waals surface area (Å²) in [5.74, 6) is 0. The van der Waals surface area contributed by atoms with Crippen molar-refractivity contribution < 1.29 is 14.8 Å². The van der Waals surface area contributed by atoms with Crippen molar-refractivity contribution in [1.29, 1.82) is 0 Å². The normalized spacial score (nSPS) is 13.7. The molecule has 0 bridgehead atoms. The van der Waals surface area contributed by atoms with E-state index in [1.165, 1.54) is 38.5 Å². The number of unbranched alkanes of at least 4 members (excludes halogenated alkanes) is 12. The average Bonchev–Trinajstić information content (AvgIpc) is 2.65. The molecular weight excluding hydrogens is 342 g/mol. The molecule has 0 saturated heterocycles. The van der Waals surface area contributed by atoms with Gasteiger partial charge in [-0.05, 0) is 31.8 Å². The van der Waals surface area contributed by atoms with Gasteiger partial charge in [0.05, 0.1) is 0 Å². The Kier molecular flexibility index (Phi) is 18.6. The Morgan fingerprint density at radius 2 is 1.37 bits per heavy atom. The van der Waals surface area contributed by atoms with Crippen LogP contribution in [-0.4, -0.2) is 28.5 Å². The maximum absolute atomic E-state index is 11.2. The van der Waals surface area contributed by atoms with Crippen molar-refractivity contribution >= 4 is 6.29 Å². The number of aliphatic hydroxyl groups is 1. The van der Waals surface area contributed by atoms with Crippen LogP contribution >= 0.6 is 0 Å². The molecule has 0 saturated carbocycles. The van der Waals surface area contributed by atoms with Gasteiger partial charge in [-0.3, -0.25) is 14.9 Å². The van der Waals surface area contributed by atoms with Gasteiger partial charge >= 0.3 is 0 Å². The molecule has 0 aliphatic rings. The lowest BCUT2D eigenvalue weighted by molar-refractivity contribution is -0.535. The molecule has 0 radical (unpaired) electrons. The molecule has 27 heavy (non-hydrogen) atoms. The van der Waals surface area contributed by atoms with Gasteiger partial charge < -0.3 is 5.11 Å². The summed E-state index contributed by atoms with van der Waals surface area (Å²) in [6.45, 7) is 2.18. The summed E-state index contributed by atoms with van der Waals surface area (Å²) in [5, 5.41) is 21.4. The number of hydrogen-bond acceptors (Lipinski definition) is 4. The molecule has 2 unspecified atom stereocenters. The molecule has 0 rings (SSSR count). The summed E-state index contributed by atoms with van der Waals surface area (Å²) in [5.41, 5.74) is 0. The topological polar surface area (TPSA) is 80.4 Å². The fourth-order valence-electron chi connectivity index (χ4n) is 3.42. The summed E-state index contributed by atoms with van der Waals surface area (Å²) in [6.07, 6.45) is 19.8. The summed E-state index contributed by atoms with van der Waals surface area (Å²) in [4.78, 5) is 21.1. The zero-order chi connectivity index (χ0) is 20.2. The standard InChI is InChI=1S/C22H41NO4/c1-2-3-4-5-12-15-18-21(23(26)27)22(25)19-16-13-10-8-6-7-9-11-14-17-20-24/h14,17,20-22,25H,2-13,15-16,18-19H2,1H3. The maximum Gasteiger partial charge on any atom is 0.238 e. The maximum atomic E-state index is 11.2. The third kappa shape index (κ3) is 16.7. The Hall–Kier alpha value is -1.23. The zero-order valence-electron chi connectivity index (χ0n) is 17.3. The van der Waals surface area contributed by atoms with Crippen LogP contribution in [0.3, 0.4) is 0 Å². The third-order valence-corrected chi connectivity index (χ3v) is 5.15. The molecule has 158 valence electrons. The van der Waals surface area contributed by atoms with E-state index < -0.39 is 12.1 Å². The molecule has 0 aromatic carbocycles. The van der Waals surface area contributed by atoms with Crippen LogP contribution in [0.1, 0.15) is 110 Å². The predicted octanol–water partition coefficient (Wildman–Crippen LogP) is 6.01. The highest BCUT2D eigenvalue weighted by Gasteiger charge is 2.28. The number of rotatable bonds is 20. The highest BCUT2D eigenvalue weighted by atomic mass is 16.6. The summed E-state index contributed by atoms with van der Waals surface area (Å²) in [7, 11) is 0. The number of nitro groups is 1. The van der Waals surface area contributed by atoms with E-state index >= 15 is 0 Å². The van der Waals surface area contributed by atoms with Crippen molar-refractivity contribution in [3.8, 4) is 0 Å². The van der Waals surface area contributed by atoms with Gasteiger partial charge in [0.25, 0.3) is 0 Å². The lowest BCUT2D eigenvalue weighted by Crippen LogP contribution is -2.33. The van der Waals surface area contributed by atoms with Crippen molar-refractivity contribution in [2.75, 3.05) is 0 Å². The minimum Gasteiger partial charge on any atom is -0.386 e. The van der Waals surface area contributed by atoms with Crippen molar-refractivity contribution in [3.05, 3.63) is 22.3 Å². The largest absolute Gasteiger partial charge is 0.386 e. The molecule has 0 aromatic heterocycles. The van der Waals surface area contributed by atoms with Gasteiger partial charge in [0.1, 0.15) is 12.4 Å². The van der Waals surface area contributed by atoms with Crippen LogP contribution in [0.2, 0.25) is 0 Å². The Morgan fingerprint density at radius 1 is 0.852 bits per heavy atom. The number of carbonyl (C=O) groups excluding carboxylic acids is 1. The highest BCUT2D eigenvalue weighted by Crippen LogP contribution is 2.17. The molecule has 0 fully saturated rings. The van der Waals surface area contributed by atoms with Gasteiger partial charge in [0.15, 0.2) is 0 Å². The first-order valence-corrected chi connectivity index (χ1v) is 11.0. The summed E-state index contributed by atoms with van der Waals surface area (Å²) < 4.78 is 0. The van der Waals surface area contributed by atoms with E-state index in [2.05, 4.69) is 6.92 Å². The van der Waals surface area contributed by atoms with E-state index in [9.17, 15) is 20.0 Å². The minimum atomic E-state index is -0.805. The Balaban J connectivity index is 3.67. The van der Waals surface area contributed by atoms with E-state index in [-0.39, 0.29) is 4.92 Å². The second-order valence-electron chi connectivity index (χ2n) is 7.59. The monoisotopic (exact) mass is 383 g/mol. The number of nitrogens with zero attached hydrogens (tertiary/aromatic N) is 1. The molecular formula is C22H41NO4. The van der Waals surface area contributed by atoms with Crippen molar-refractivity contribution in [2.24, 2.45) is 0 Å². The van der Waals surface area contributed by atoms with E-state index in [1.54, 1.807) is 6.08 Å². The molecule has 5 heteroatoms. The van der Waals surface area contributed by atoms with Gasteiger partial charge in [0.2, 0.25) is 6.04 Å². The SMILES string of the molecule is CCCCCCCCC(C(O)CCCCCCCCCC=CC=O)[N+](=O)[O-]. The fourth-order valence-corrected chi connectivity index (χ4v) is 3.42. The molecule has 0 aliphatic carbocycles. The lowest BCUT2D eigenvalue weighted by Gasteiger charge is -2.16. The van der Waals surface area contributed by atoms with Crippen molar-refractivity contribution in [2.45, 2.75) is 122 Å². The Morgan fingerprint density at radius 3 is 1.93 bits per heavy atom. The fraction of sp³-hybridized carbons (Fsp3) is 0.864. The second kappa shape index (κ2) is 19.5. The number of carbonyl (C=O) groups is 1. The van der Waals surface area contributed by atoms with Crippen LogP contribution in [0, 0.1) is 10.1 Å². The van der Waals surface area contributed by atoms with E-state index in [1.807, 2.05) is 6.08 Å². The first kappa shape index (κ1) is 25.8. The molecule has 0 aliphatic heterocycles. The van der Waals surface area contributed by atoms with Gasteiger partial charge in [-0.15, -0.1) is 0 Å². The van der Waals surface area contributed by atoms with Gasteiger partial charge in [0, 0.05) is 11.3 Å². The van der Waals surface area contributed by atoms with Crippen LogP contribution in [0.4, 0.5) is 0 Å². The molecule has 5 nitrogen and oxygen atoms in total. The molecule has 0 spiro atoms. The molecule has 1 N–H and O–H groups in total. The van der Waals surface area contributed by atoms with Gasteiger partial charge in [-0.1, -0.05) is 83.6 Å². The van der Waals surface area contributed by atoms with E-state index in [0.29, 0.717) is 12.8 Å². The summed E-state index contributed by atoms with van der Waals surface area (Å²) >= 11 is 0. The molecule has 0 heterocycles. The first-order valence-electron chi connectivity index (χ1n) is 11.0. The first-order chi connectivity index (χ1) is 13.1. The second-order valence-corrected chi connectivity index (χ2v) is 7.59. The smallest absolute Gasteiger partial charge is 0.238 e. The Labute approximate surface area is 165 Å². The molecule has 0 aromatic rings. The third-order valence-electron chi connectivity index (χ3n) is 5.15. The van der Waals surface area contributed by atoms with Crippen LogP contribution in [0.15, 0.2) is 12.2 Å². The number of aldehydes is 1. The zero-order valence-corrected chi connectivity index (χ0v) is 17.3. The predicted molar refractivity (Wildman–Crippen MR) is 112 cm³/mol. The van der Waals surface area contributed by atoms with Crippen molar-refractivity contribution in [3.63, 3.8) is 0 Å². The van der Waals surface area contributed by atoms with Crippen LogP contribution in [0.5, 0.6) is 0 Å².